The zero-order chi connectivity index (χ0) is 21.1. The average Bonchev–Trinajstić information content (AvgIpc) is 2.72. The molecule has 1 aliphatic rings. The van der Waals surface area contributed by atoms with Crippen molar-refractivity contribution in [1.29, 1.82) is 0 Å². The molecule has 0 aromatic carbocycles. The number of rotatable bonds is 6. The Labute approximate surface area is 167 Å². The Hall–Kier alpha value is -2.27. The fourth-order valence-corrected chi connectivity index (χ4v) is 4.13. The zero-order valence-corrected chi connectivity index (χ0v) is 16.7. The van der Waals surface area contributed by atoms with Crippen molar-refractivity contribution < 1.29 is 21.6 Å². The first-order valence-corrected chi connectivity index (χ1v) is 10.7. The minimum absolute atomic E-state index is 0.0547. The summed E-state index contributed by atoms with van der Waals surface area (Å²) in [6, 6.07) is 5.47. The summed E-state index contributed by atoms with van der Waals surface area (Å²) < 4.78 is 61.5. The Morgan fingerprint density at radius 2 is 1.83 bits per heavy atom. The van der Waals surface area contributed by atoms with E-state index in [1.54, 1.807) is 12.4 Å². The van der Waals surface area contributed by atoms with Gasteiger partial charge in [-0.15, -0.1) is 0 Å². The van der Waals surface area contributed by atoms with E-state index in [2.05, 4.69) is 20.3 Å². The second-order valence-electron chi connectivity index (χ2n) is 6.83. The molecule has 0 amide bonds. The molecule has 0 radical (unpaired) electrons. The van der Waals surface area contributed by atoms with Crippen molar-refractivity contribution in [2.24, 2.45) is 5.92 Å². The summed E-state index contributed by atoms with van der Waals surface area (Å²) in [4.78, 5) is 13.0. The predicted molar refractivity (Wildman–Crippen MR) is 102 cm³/mol. The second kappa shape index (κ2) is 8.62. The fourth-order valence-electron chi connectivity index (χ4n) is 3.15. The smallest absolute Gasteiger partial charge is 0.370 e. The minimum atomic E-state index is -5.25. The number of piperidine rings is 1. The van der Waals surface area contributed by atoms with Crippen LogP contribution in [0.25, 0.3) is 11.4 Å². The van der Waals surface area contributed by atoms with Gasteiger partial charge >= 0.3 is 15.5 Å². The van der Waals surface area contributed by atoms with Crippen molar-refractivity contribution in [3.63, 3.8) is 0 Å². The predicted octanol–water partition coefficient (Wildman–Crippen LogP) is 3.07. The van der Waals surface area contributed by atoms with Crippen LogP contribution >= 0.6 is 0 Å². The number of nitrogens with one attached hydrogen (secondary N) is 1. The molecule has 0 atom stereocenters. The summed E-state index contributed by atoms with van der Waals surface area (Å²) in [7, 11) is -5.25. The summed E-state index contributed by atoms with van der Waals surface area (Å²) in [5.74, 6) is 1.26. The van der Waals surface area contributed by atoms with Gasteiger partial charge in [0.25, 0.3) is 0 Å². The van der Waals surface area contributed by atoms with E-state index in [1.165, 1.54) is 0 Å². The van der Waals surface area contributed by atoms with Crippen molar-refractivity contribution in [1.82, 2.24) is 19.3 Å². The molecular weight excluding hydrogens is 407 g/mol. The van der Waals surface area contributed by atoms with Crippen LogP contribution in [0, 0.1) is 5.92 Å². The number of anilines is 1. The van der Waals surface area contributed by atoms with Crippen LogP contribution in [0.4, 0.5) is 19.0 Å². The summed E-state index contributed by atoms with van der Waals surface area (Å²) in [6.07, 6.45) is 4.75. The Bertz CT molecular complexity index is 930. The number of aromatic nitrogens is 3. The Kier molecular flexibility index (Phi) is 6.37. The molecule has 0 aliphatic carbocycles. The van der Waals surface area contributed by atoms with Crippen LogP contribution in [0.2, 0.25) is 0 Å². The lowest BCUT2D eigenvalue weighted by atomic mass is 9.98. The molecule has 2 aromatic rings. The maximum atomic E-state index is 12.7. The lowest BCUT2D eigenvalue weighted by molar-refractivity contribution is -0.0496. The van der Waals surface area contributed by atoms with Gasteiger partial charge in [-0.05, 0) is 37.3 Å². The molecule has 1 N–H and O–H groups in total. The standard InChI is InChI=1S/C18H22F3N5O2S/c1-2-15-11-16(25-17(24-15)14-3-7-22-8-4-14)23-12-13-5-9-26(10-6-13)29(27,28)18(19,20)21/h3-4,7-8,11,13H,2,5-6,9-10,12H2,1H3,(H,23,24,25). The normalized spacial score (nSPS) is 16.7. The molecule has 1 aliphatic heterocycles. The molecule has 3 heterocycles. The van der Waals surface area contributed by atoms with E-state index >= 15 is 0 Å². The molecule has 7 nitrogen and oxygen atoms in total. The maximum absolute atomic E-state index is 12.7. The first-order valence-electron chi connectivity index (χ1n) is 9.29. The summed E-state index contributed by atoms with van der Waals surface area (Å²) in [5, 5.41) is 3.23. The van der Waals surface area contributed by atoms with Crippen LogP contribution < -0.4 is 5.32 Å². The van der Waals surface area contributed by atoms with Gasteiger partial charge in [-0.25, -0.2) is 18.4 Å². The van der Waals surface area contributed by atoms with Crippen LogP contribution in [0.5, 0.6) is 0 Å². The third-order valence-corrected chi connectivity index (χ3v) is 6.49. The number of hydrogen-bond acceptors (Lipinski definition) is 6. The van der Waals surface area contributed by atoms with Crippen molar-refractivity contribution in [3.05, 3.63) is 36.3 Å². The number of hydrogen-bond donors (Lipinski definition) is 1. The molecule has 1 fully saturated rings. The van der Waals surface area contributed by atoms with E-state index in [-0.39, 0.29) is 19.0 Å². The van der Waals surface area contributed by atoms with E-state index in [1.807, 2.05) is 25.1 Å². The number of aryl methyl sites for hydroxylation is 1. The van der Waals surface area contributed by atoms with Gasteiger partial charge in [-0.2, -0.15) is 17.5 Å². The van der Waals surface area contributed by atoms with Gasteiger partial charge in [-0.3, -0.25) is 4.98 Å². The zero-order valence-electron chi connectivity index (χ0n) is 15.9. The lowest BCUT2D eigenvalue weighted by Gasteiger charge is -2.31. The Morgan fingerprint density at radius 3 is 2.41 bits per heavy atom. The van der Waals surface area contributed by atoms with Gasteiger partial charge in [-0.1, -0.05) is 6.92 Å². The van der Waals surface area contributed by atoms with Crippen molar-refractivity contribution in [2.45, 2.75) is 31.7 Å². The summed E-state index contributed by atoms with van der Waals surface area (Å²) in [5.41, 5.74) is -3.55. The van der Waals surface area contributed by atoms with Gasteiger partial charge < -0.3 is 5.32 Å². The molecule has 0 bridgehead atoms. The van der Waals surface area contributed by atoms with Gasteiger partial charge in [0.15, 0.2) is 5.82 Å². The SMILES string of the molecule is CCc1cc(NCC2CCN(S(=O)(=O)C(F)(F)F)CC2)nc(-c2ccncc2)n1. The van der Waals surface area contributed by atoms with Crippen LogP contribution in [0.1, 0.15) is 25.5 Å². The monoisotopic (exact) mass is 429 g/mol. The molecule has 0 unspecified atom stereocenters. The highest BCUT2D eigenvalue weighted by Gasteiger charge is 2.50. The fraction of sp³-hybridized carbons (Fsp3) is 0.500. The Morgan fingerprint density at radius 1 is 1.17 bits per heavy atom. The van der Waals surface area contributed by atoms with Crippen LogP contribution in [-0.4, -0.2) is 52.8 Å². The maximum Gasteiger partial charge on any atom is 0.511 e. The lowest BCUT2D eigenvalue weighted by Crippen LogP contribution is -2.45. The topological polar surface area (TPSA) is 88.1 Å². The van der Waals surface area contributed by atoms with Crippen LogP contribution in [0.15, 0.2) is 30.6 Å². The summed E-state index contributed by atoms with van der Waals surface area (Å²) in [6.45, 7) is 2.20. The highest BCUT2D eigenvalue weighted by molar-refractivity contribution is 7.90. The minimum Gasteiger partial charge on any atom is -0.370 e. The number of alkyl halides is 3. The molecule has 1 saturated heterocycles. The highest BCUT2D eigenvalue weighted by atomic mass is 32.2. The average molecular weight is 429 g/mol. The van der Waals surface area contributed by atoms with Crippen LogP contribution in [-0.2, 0) is 16.4 Å². The first-order chi connectivity index (χ1) is 13.7. The molecular formula is C18H22F3N5O2S. The second-order valence-corrected chi connectivity index (χ2v) is 8.76. The molecule has 158 valence electrons. The third kappa shape index (κ3) is 5.02. The van der Waals surface area contributed by atoms with Gasteiger partial charge in [0, 0.05) is 49.4 Å². The van der Waals surface area contributed by atoms with Crippen molar-refractivity contribution in [3.8, 4) is 11.4 Å². The Balaban J connectivity index is 1.63. The highest BCUT2D eigenvalue weighted by Crippen LogP contribution is 2.30. The van der Waals surface area contributed by atoms with Gasteiger partial charge in [0.1, 0.15) is 5.82 Å². The third-order valence-electron chi connectivity index (χ3n) is 4.86. The van der Waals surface area contributed by atoms with Crippen molar-refractivity contribution in [2.75, 3.05) is 25.0 Å². The molecule has 29 heavy (non-hydrogen) atoms. The number of pyridine rings is 1. The molecule has 0 saturated carbocycles. The summed E-state index contributed by atoms with van der Waals surface area (Å²) >= 11 is 0. The molecule has 0 spiro atoms. The first kappa shape index (κ1) is 21.4. The van der Waals surface area contributed by atoms with Gasteiger partial charge in [0.05, 0.1) is 0 Å². The molecule has 3 rings (SSSR count). The number of nitrogens with zero attached hydrogens (tertiary/aromatic N) is 4. The number of halogens is 3. The largest absolute Gasteiger partial charge is 0.511 e. The van der Waals surface area contributed by atoms with E-state index in [0.29, 0.717) is 35.3 Å². The van der Waals surface area contributed by atoms with Crippen molar-refractivity contribution >= 4 is 15.8 Å². The number of sulfonamides is 1. The van der Waals surface area contributed by atoms with E-state index < -0.39 is 15.5 Å². The quantitative estimate of drug-likeness (QED) is 0.759. The van der Waals surface area contributed by atoms with Crippen LogP contribution in [0.3, 0.4) is 0 Å². The molecule has 11 heteroatoms. The van der Waals surface area contributed by atoms with E-state index in [0.717, 1.165) is 17.7 Å². The molecule has 2 aromatic heterocycles. The van der Waals surface area contributed by atoms with E-state index in [4.69, 9.17) is 0 Å². The van der Waals surface area contributed by atoms with Gasteiger partial charge in [0.2, 0.25) is 0 Å². The van der Waals surface area contributed by atoms with E-state index in [9.17, 15) is 21.6 Å².